The zero-order valence-electron chi connectivity index (χ0n) is 7.32. The molecule has 2 heterocycles. The third-order valence-electron chi connectivity index (χ3n) is 1.92. The van der Waals surface area contributed by atoms with E-state index in [9.17, 15) is 0 Å². The number of nitrogen functional groups attached to an aromatic ring is 1. The fourth-order valence-electron chi connectivity index (χ4n) is 1.19. The molecule has 13 heavy (non-hydrogen) atoms. The maximum absolute atomic E-state index is 5.53. The van der Waals surface area contributed by atoms with Gasteiger partial charge in [-0.3, -0.25) is 4.98 Å². The van der Waals surface area contributed by atoms with Gasteiger partial charge in [-0.1, -0.05) is 0 Å². The van der Waals surface area contributed by atoms with Crippen LogP contribution in [0.25, 0.3) is 11.3 Å². The van der Waals surface area contributed by atoms with Crippen LogP contribution in [-0.2, 0) is 0 Å². The highest BCUT2D eigenvalue weighted by Gasteiger charge is 2.04. The fourth-order valence-corrected chi connectivity index (χ4v) is 1.19. The summed E-state index contributed by atoms with van der Waals surface area (Å²) in [5.41, 5.74) is 9.19. The van der Waals surface area contributed by atoms with Crippen molar-refractivity contribution in [1.82, 2.24) is 4.98 Å². The van der Waals surface area contributed by atoms with E-state index in [4.69, 9.17) is 10.2 Å². The molecule has 0 saturated heterocycles. The highest BCUT2D eigenvalue weighted by Crippen LogP contribution is 2.22. The van der Waals surface area contributed by atoms with Crippen LogP contribution in [0.15, 0.2) is 35.3 Å². The van der Waals surface area contributed by atoms with Crippen molar-refractivity contribution in [3.05, 3.63) is 36.4 Å². The zero-order chi connectivity index (χ0) is 9.26. The molecule has 0 aliphatic carbocycles. The Morgan fingerprint density at radius 1 is 1.31 bits per heavy atom. The van der Waals surface area contributed by atoms with Crippen molar-refractivity contribution in [2.24, 2.45) is 0 Å². The summed E-state index contributed by atoms with van der Waals surface area (Å²) in [5.74, 6) is 0. The Morgan fingerprint density at radius 3 is 2.69 bits per heavy atom. The number of hydrogen-bond acceptors (Lipinski definition) is 3. The molecule has 0 atom stereocenters. The van der Waals surface area contributed by atoms with E-state index in [-0.39, 0.29) is 0 Å². The molecule has 0 bridgehead atoms. The second-order valence-electron chi connectivity index (χ2n) is 2.95. The summed E-state index contributed by atoms with van der Waals surface area (Å²) in [6.45, 7) is 1.98. The standard InChI is InChI=1S/C10H10N2O/c1-7-5-13-6-9(7)10-3-2-8(11)4-12-10/h2-6H,11H2,1H3. The van der Waals surface area contributed by atoms with Gasteiger partial charge in [-0.25, -0.2) is 0 Å². The van der Waals surface area contributed by atoms with Crippen LogP contribution in [0.4, 0.5) is 5.69 Å². The number of aryl methyl sites for hydroxylation is 1. The van der Waals surface area contributed by atoms with E-state index in [1.807, 2.05) is 19.1 Å². The minimum atomic E-state index is 0.671. The lowest BCUT2D eigenvalue weighted by Crippen LogP contribution is -1.87. The molecule has 0 aliphatic heterocycles. The molecule has 3 nitrogen and oxygen atoms in total. The van der Waals surface area contributed by atoms with Gasteiger partial charge in [0.1, 0.15) is 0 Å². The maximum atomic E-state index is 5.53. The molecular formula is C10H10N2O. The van der Waals surface area contributed by atoms with E-state index in [1.165, 1.54) is 0 Å². The monoisotopic (exact) mass is 174 g/mol. The Morgan fingerprint density at radius 2 is 2.15 bits per heavy atom. The number of hydrogen-bond donors (Lipinski definition) is 1. The molecule has 0 unspecified atom stereocenters. The lowest BCUT2D eigenvalue weighted by molar-refractivity contribution is 0.566. The van der Waals surface area contributed by atoms with E-state index < -0.39 is 0 Å². The summed E-state index contributed by atoms with van der Waals surface area (Å²) in [7, 11) is 0. The largest absolute Gasteiger partial charge is 0.472 e. The second-order valence-corrected chi connectivity index (χ2v) is 2.95. The van der Waals surface area contributed by atoms with Crippen LogP contribution in [0.1, 0.15) is 5.56 Å². The van der Waals surface area contributed by atoms with Crippen molar-refractivity contribution in [1.29, 1.82) is 0 Å². The smallest absolute Gasteiger partial charge is 0.0999 e. The lowest BCUT2D eigenvalue weighted by Gasteiger charge is -1.97. The van der Waals surface area contributed by atoms with E-state index in [0.717, 1.165) is 16.8 Å². The molecule has 0 aromatic carbocycles. The van der Waals surface area contributed by atoms with Crippen molar-refractivity contribution in [3.63, 3.8) is 0 Å². The van der Waals surface area contributed by atoms with E-state index in [0.29, 0.717) is 5.69 Å². The number of nitrogens with zero attached hydrogens (tertiary/aromatic N) is 1. The predicted octanol–water partition coefficient (Wildman–Crippen LogP) is 2.23. The van der Waals surface area contributed by atoms with Crippen molar-refractivity contribution in [2.75, 3.05) is 5.73 Å². The van der Waals surface area contributed by atoms with E-state index in [2.05, 4.69) is 4.98 Å². The minimum Gasteiger partial charge on any atom is -0.472 e. The second kappa shape index (κ2) is 2.94. The summed E-state index contributed by atoms with van der Waals surface area (Å²) in [6, 6.07) is 3.71. The quantitative estimate of drug-likeness (QED) is 0.721. The van der Waals surface area contributed by atoms with Crippen LogP contribution in [0.3, 0.4) is 0 Å². The Balaban J connectivity index is 2.47. The van der Waals surface area contributed by atoms with Crippen molar-refractivity contribution in [3.8, 4) is 11.3 Å². The first-order valence-electron chi connectivity index (χ1n) is 4.02. The van der Waals surface area contributed by atoms with Crippen LogP contribution < -0.4 is 5.73 Å². The third kappa shape index (κ3) is 1.40. The lowest BCUT2D eigenvalue weighted by atomic mass is 10.1. The van der Waals surface area contributed by atoms with Gasteiger partial charge in [0.15, 0.2) is 0 Å². The van der Waals surface area contributed by atoms with E-state index >= 15 is 0 Å². The molecule has 0 fully saturated rings. The first-order valence-corrected chi connectivity index (χ1v) is 4.02. The minimum absolute atomic E-state index is 0.671. The van der Waals surface area contributed by atoms with Crippen LogP contribution >= 0.6 is 0 Å². The van der Waals surface area contributed by atoms with Crippen molar-refractivity contribution >= 4 is 5.69 Å². The van der Waals surface area contributed by atoms with Gasteiger partial charge in [0.2, 0.25) is 0 Å². The average molecular weight is 174 g/mol. The van der Waals surface area contributed by atoms with Gasteiger partial charge in [0.25, 0.3) is 0 Å². The molecule has 66 valence electrons. The maximum Gasteiger partial charge on any atom is 0.0999 e. The number of anilines is 1. The molecule has 3 heteroatoms. The first-order chi connectivity index (χ1) is 6.27. The molecule has 2 rings (SSSR count). The summed E-state index contributed by atoms with van der Waals surface area (Å²) >= 11 is 0. The number of furan rings is 1. The van der Waals surface area contributed by atoms with Crippen LogP contribution in [0, 0.1) is 6.92 Å². The van der Waals surface area contributed by atoms with Gasteiger partial charge in [-0.2, -0.15) is 0 Å². The van der Waals surface area contributed by atoms with Gasteiger partial charge < -0.3 is 10.2 Å². The zero-order valence-corrected chi connectivity index (χ0v) is 7.32. The molecule has 0 aliphatic rings. The van der Waals surface area contributed by atoms with Gasteiger partial charge in [-0.15, -0.1) is 0 Å². The predicted molar refractivity (Wildman–Crippen MR) is 51.1 cm³/mol. The van der Waals surface area contributed by atoms with Gasteiger partial charge in [0, 0.05) is 5.56 Å². The van der Waals surface area contributed by atoms with E-state index in [1.54, 1.807) is 18.7 Å². The van der Waals surface area contributed by atoms with Crippen LogP contribution in [-0.4, -0.2) is 4.98 Å². The highest BCUT2D eigenvalue weighted by atomic mass is 16.3. The van der Waals surface area contributed by atoms with Gasteiger partial charge >= 0.3 is 0 Å². The molecule has 2 N–H and O–H groups in total. The average Bonchev–Trinajstić information content (AvgIpc) is 2.53. The van der Waals surface area contributed by atoms with Crippen LogP contribution in [0.2, 0.25) is 0 Å². The summed E-state index contributed by atoms with van der Waals surface area (Å²) < 4.78 is 5.06. The Hall–Kier alpha value is -1.77. The fraction of sp³-hybridized carbons (Fsp3) is 0.100. The molecule has 2 aromatic heterocycles. The number of aromatic nitrogens is 1. The Kier molecular flexibility index (Phi) is 1.77. The van der Waals surface area contributed by atoms with Crippen LogP contribution in [0.5, 0.6) is 0 Å². The van der Waals surface area contributed by atoms with Gasteiger partial charge in [0.05, 0.1) is 30.1 Å². The Labute approximate surface area is 76.2 Å². The SMILES string of the molecule is Cc1cocc1-c1ccc(N)cn1. The first kappa shape index (κ1) is 7.86. The number of nitrogens with two attached hydrogens (primary N) is 1. The number of pyridine rings is 1. The highest BCUT2D eigenvalue weighted by molar-refractivity contribution is 5.62. The topological polar surface area (TPSA) is 52.0 Å². The normalized spacial score (nSPS) is 10.2. The van der Waals surface area contributed by atoms with Crippen molar-refractivity contribution in [2.45, 2.75) is 6.92 Å². The molecule has 0 spiro atoms. The number of rotatable bonds is 1. The molecule has 0 saturated carbocycles. The molecule has 0 amide bonds. The Bertz CT molecular complexity index is 403. The molecule has 0 radical (unpaired) electrons. The summed E-state index contributed by atoms with van der Waals surface area (Å²) in [4.78, 5) is 4.20. The van der Waals surface area contributed by atoms with Gasteiger partial charge in [-0.05, 0) is 24.6 Å². The van der Waals surface area contributed by atoms with Crippen molar-refractivity contribution < 1.29 is 4.42 Å². The third-order valence-corrected chi connectivity index (χ3v) is 1.92. The summed E-state index contributed by atoms with van der Waals surface area (Å²) in [6.07, 6.45) is 5.03. The summed E-state index contributed by atoms with van der Waals surface area (Å²) in [5, 5.41) is 0. The molecule has 2 aromatic rings. The molecular weight excluding hydrogens is 164 g/mol.